The number of nitrogens with zero attached hydrogens (tertiary/aromatic N) is 1. The van der Waals surface area contributed by atoms with Crippen LogP contribution in [0, 0.1) is 17.8 Å². The maximum absolute atomic E-state index is 12.2. The third-order valence-corrected chi connectivity index (χ3v) is 5.32. The van der Waals surface area contributed by atoms with E-state index in [2.05, 4.69) is 10.2 Å². The van der Waals surface area contributed by atoms with Crippen LogP contribution in [0.3, 0.4) is 0 Å². The van der Waals surface area contributed by atoms with Gasteiger partial charge >= 0.3 is 0 Å². The van der Waals surface area contributed by atoms with E-state index in [-0.39, 0.29) is 11.9 Å². The number of furan rings is 1. The average molecular weight is 290 g/mol. The summed E-state index contributed by atoms with van der Waals surface area (Å²) >= 11 is 0. The van der Waals surface area contributed by atoms with Crippen molar-refractivity contribution < 1.29 is 9.21 Å². The molecule has 4 atom stereocenters. The summed E-state index contributed by atoms with van der Waals surface area (Å²) < 4.78 is 5.47. The molecule has 1 amide bonds. The Kier molecular flexibility index (Phi) is 4.34. The van der Waals surface area contributed by atoms with Gasteiger partial charge in [0.1, 0.15) is 5.76 Å². The molecule has 2 fully saturated rings. The van der Waals surface area contributed by atoms with E-state index in [4.69, 9.17) is 4.42 Å². The minimum absolute atomic E-state index is 0.101. The molecule has 2 saturated carbocycles. The molecule has 0 aliphatic heterocycles. The van der Waals surface area contributed by atoms with E-state index in [1.54, 1.807) is 6.26 Å². The third-order valence-electron chi connectivity index (χ3n) is 5.32. The molecule has 116 valence electrons. The van der Waals surface area contributed by atoms with Crippen molar-refractivity contribution in [2.24, 2.45) is 17.8 Å². The molecule has 2 aliphatic rings. The summed E-state index contributed by atoms with van der Waals surface area (Å²) in [4.78, 5) is 14.3. The second-order valence-electron chi connectivity index (χ2n) is 6.94. The highest BCUT2D eigenvalue weighted by molar-refractivity contribution is 5.76. The Morgan fingerprint density at radius 2 is 2.29 bits per heavy atom. The first-order valence-corrected chi connectivity index (χ1v) is 8.10. The van der Waals surface area contributed by atoms with E-state index >= 15 is 0 Å². The second kappa shape index (κ2) is 6.22. The van der Waals surface area contributed by atoms with E-state index in [0.717, 1.165) is 17.6 Å². The minimum Gasteiger partial charge on any atom is -0.468 e. The Morgan fingerprint density at radius 1 is 1.43 bits per heavy atom. The van der Waals surface area contributed by atoms with Gasteiger partial charge in [-0.05, 0) is 63.2 Å². The summed E-state index contributed by atoms with van der Waals surface area (Å²) in [6.07, 6.45) is 7.76. The number of hydrogen-bond acceptors (Lipinski definition) is 3. The maximum atomic E-state index is 12.2. The first kappa shape index (κ1) is 14.6. The van der Waals surface area contributed by atoms with Gasteiger partial charge < -0.3 is 9.73 Å². The highest BCUT2D eigenvalue weighted by atomic mass is 16.3. The van der Waals surface area contributed by atoms with Crippen LogP contribution in [0.15, 0.2) is 22.8 Å². The summed E-state index contributed by atoms with van der Waals surface area (Å²) in [6.45, 7) is 0.611. The van der Waals surface area contributed by atoms with E-state index in [1.165, 1.54) is 25.7 Å². The number of fused-ring (bicyclic) bond motifs is 2. The molecule has 1 N–H and O–H groups in total. The molecule has 2 bridgehead atoms. The number of hydrogen-bond donors (Lipinski definition) is 1. The molecule has 0 unspecified atom stereocenters. The number of carbonyl (C=O) groups is 1. The van der Waals surface area contributed by atoms with Crippen LogP contribution in [-0.4, -0.2) is 31.4 Å². The fourth-order valence-corrected chi connectivity index (χ4v) is 4.17. The molecular weight excluding hydrogens is 264 g/mol. The molecule has 0 radical (unpaired) electrons. The highest BCUT2D eigenvalue weighted by Gasteiger charge is 2.40. The van der Waals surface area contributed by atoms with Crippen LogP contribution < -0.4 is 5.32 Å². The quantitative estimate of drug-likeness (QED) is 0.876. The van der Waals surface area contributed by atoms with Crippen LogP contribution in [0.2, 0.25) is 0 Å². The Labute approximate surface area is 126 Å². The molecular formula is C17H26N2O2. The van der Waals surface area contributed by atoms with Crippen LogP contribution in [0.25, 0.3) is 0 Å². The SMILES string of the molecule is CN(C)[C@H](CNC(=O)C[C@H]1C[C@H]2CC[C@H]1C2)c1ccco1. The largest absolute Gasteiger partial charge is 0.468 e. The van der Waals surface area contributed by atoms with Gasteiger partial charge in [0, 0.05) is 13.0 Å². The minimum atomic E-state index is 0.101. The molecule has 0 aromatic carbocycles. The van der Waals surface area contributed by atoms with Gasteiger partial charge in [0.25, 0.3) is 0 Å². The lowest BCUT2D eigenvalue weighted by Crippen LogP contribution is -2.35. The lowest BCUT2D eigenvalue weighted by Gasteiger charge is -2.24. The van der Waals surface area contributed by atoms with Gasteiger partial charge in [-0.15, -0.1) is 0 Å². The number of rotatable bonds is 6. The molecule has 4 heteroatoms. The van der Waals surface area contributed by atoms with Crippen molar-refractivity contribution >= 4 is 5.91 Å². The smallest absolute Gasteiger partial charge is 0.220 e. The first-order valence-electron chi connectivity index (χ1n) is 8.10. The lowest BCUT2D eigenvalue weighted by molar-refractivity contribution is -0.122. The van der Waals surface area contributed by atoms with Gasteiger partial charge in [0.15, 0.2) is 0 Å². The Bertz CT molecular complexity index is 469. The molecule has 1 aromatic heterocycles. The normalized spacial score (nSPS) is 29.0. The van der Waals surface area contributed by atoms with Crippen LogP contribution in [-0.2, 0) is 4.79 Å². The fraction of sp³-hybridized carbons (Fsp3) is 0.706. The predicted molar refractivity (Wildman–Crippen MR) is 81.7 cm³/mol. The first-order chi connectivity index (χ1) is 10.1. The molecule has 21 heavy (non-hydrogen) atoms. The molecule has 2 aliphatic carbocycles. The van der Waals surface area contributed by atoms with Crippen molar-refractivity contribution in [1.82, 2.24) is 10.2 Å². The van der Waals surface area contributed by atoms with Crippen molar-refractivity contribution in [1.29, 1.82) is 0 Å². The summed E-state index contributed by atoms with van der Waals surface area (Å²) in [7, 11) is 4.02. The Morgan fingerprint density at radius 3 is 2.86 bits per heavy atom. The van der Waals surface area contributed by atoms with Gasteiger partial charge in [-0.25, -0.2) is 0 Å². The number of carbonyl (C=O) groups excluding carboxylic acids is 1. The Balaban J connectivity index is 1.48. The van der Waals surface area contributed by atoms with Gasteiger partial charge in [0.2, 0.25) is 5.91 Å². The lowest BCUT2D eigenvalue weighted by atomic mass is 9.86. The fourth-order valence-electron chi connectivity index (χ4n) is 4.17. The summed E-state index contributed by atoms with van der Waals surface area (Å²) in [5.41, 5.74) is 0. The van der Waals surface area contributed by atoms with Crippen LogP contribution in [0.1, 0.15) is 43.9 Å². The second-order valence-corrected chi connectivity index (χ2v) is 6.94. The summed E-state index contributed by atoms with van der Waals surface area (Å²) in [5, 5.41) is 3.10. The standard InChI is InChI=1S/C17H26N2O2/c1-19(2)15(16-4-3-7-21-16)11-18-17(20)10-14-9-12-5-6-13(14)8-12/h3-4,7,12-15H,5-6,8-11H2,1-2H3,(H,18,20)/t12-,13-,14+,15+/m0/s1. The van der Waals surface area contributed by atoms with Crippen molar-refractivity contribution in [3.05, 3.63) is 24.2 Å². The van der Waals surface area contributed by atoms with Crippen molar-refractivity contribution in [3.63, 3.8) is 0 Å². The van der Waals surface area contributed by atoms with E-state index in [1.807, 2.05) is 26.2 Å². The van der Waals surface area contributed by atoms with Gasteiger partial charge in [-0.2, -0.15) is 0 Å². The molecule has 3 rings (SSSR count). The number of likely N-dealkylation sites (N-methyl/N-ethyl adjacent to an activating group) is 1. The predicted octanol–water partition coefficient (Wildman–Crippen LogP) is 2.82. The van der Waals surface area contributed by atoms with Crippen molar-refractivity contribution in [3.8, 4) is 0 Å². The van der Waals surface area contributed by atoms with Gasteiger partial charge in [-0.3, -0.25) is 9.69 Å². The summed E-state index contributed by atoms with van der Waals surface area (Å²) in [5.74, 6) is 3.46. The third kappa shape index (κ3) is 3.31. The van der Waals surface area contributed by atoms with Crippen LogP contribution in [0.4, 0.5) is 0 Å². The topological polar surface area (TPSA) is 45.5 Å². The van der Waals surface area contributed by atoms with E-state index < -0.39 is 0 Å². The zero-order chi connectivity index (χ0) is 14.8. The maximum Gasteiger partial charge on any atom is 0.220 e. The highest BCUT2D eigenvalue weighted by Crippen LogP contribution is 2.49. The number of nitrogens with one attached hydrogen (secondary N) is 1. The zero-order valence-corrected chi connectivity index (χ0v) is 13.0. The average Bonchev–Trinajstić information content (AvgIpc) is 3.15. The van der Waals surface area contributed by atoms with E-state index in [0.29, 0.717) is 18.9 Å². The molecule has 0 saturated heterocycles. The number of amides is 1. The van der Waals surface area contributed by atoms with Crippen molar-refractivity contribution in [2.75, 3.05) is 20.6 Å². The van der Waals surface area contributed by atoms with Gasteiger partial charge in [0.05, 0.1) is 12.3 Å². The van der Waals surface area contributed by atoms with Gasteiger partial charge in [-0.1, -0.05) is 6.42 Å². The zero-order valence-electron chi connectivity index (χ0n) is 13.0. The van der Waals surface area contributed by atoms with E-state index in [9.17, 15) is 4.79 Å². The molecule has 0 spiro atoms. The van der Waals surface area contributed by atoms with Crippen LogP contribution in [0.5, 0.6) is 0 Å². The molecule has 1 aromatic rings. The van der Waals surface area contributed by atoms with Crippen molar-refractivity contribution in [2.45, 2.75) is 38.1 Å². The summed E-state index contributed by atoms with van der Waals surface area (Å²) in [6, 6.07) is 3.96. The Hall–Kier alpha value is -1.29. The molecule has 4 nitrogen and oxygen atoms in total. The van der Waals surface area contributed by atoms with Crippen LogP contribution >= 0.6 is 0 Å². The monoisotopic (exact) mass is 290 g/mol. The molecule has 1 heterocycles.